The molecule has 1 saturated heterocycles. The highest BCUT2D eigenvalue weighted by molar-refractivity contribution is 6.35. The Balaban J connectivity index is 1.29. The van der Waals surface area contributed by atoms with Gasteiger partial charge in [0.25, 0.3) is 11.7 Å². The Morgan fingerprint density at radius 2 is 1.80 bits per heavy atom. The van der Waals surface area contributed by atoms with Crippen molar-refractivity contribution in [2.75, 3.05) is 31.3 Å². The predicted octanol–water partition coefficient (Wildman–Crippen LogP) is 4.90. The lowest BCUT2D eigenvalue weighted by atomic mass is 10.1. The number of carbonyl (C=O) groups is 1. The Bertz CT molecular complexity index is 1090. The highest BCUT2D eigenvalue weighted by Gasteiger charge is 2.55. The number of fused-ring (bicyclic) bond motifs is 3. The van der Waals surface area contributed by atoms with Crippen molar-refractivity contribution < 1.29 is 19.0 Å². The molecule has 0 unspecified atom stereocenters. The number of halogens is 1. The number of nitrogens with zero attached hydrogens (tertiary/aromatic N) is 1. The Morgan fingerprint density at radius 3 is 2.63 bits per heavy atom. The summed E-state index contributed by atoms with van der Waals surface area (Å²) in [6.07, 6.45) is 1.42. The molecule has 5 nitrogen and oxygen atoms in total. The minimum absolute atomic E-state index is 0.212. The topological polar surface area (TPSA) is 48.0 Å². The van der Waals surface area contributed by atoms with Crippen LogP contribution in [0.1, 0.15) is 18.4 Å². The molecule has 6 heteroatoms. The largest absolute Gasteiger partial charge is 0.494 e. The zero-order chi connectivity index (χ0) is 20.6. The zero-order valence-electron chi connectivity index (χ0n) is 16.5. The molecular formula is C24H22ClNO4. The highest BCUT2D eigenvalue weighted by atomic mass is 35.5. The van der Waals surface area contributed by atoms with Gasteiger partial charge >= 0.3 is 0 Å². The number of rotatable bonds is 5. The van der Waals surface area contributed by atoms with Gasteiger partial charge in [-0.2, -0.15) is 0 Å². The van der Waals surface area contributed by atoms with Gasteiger partial charge in [0.1, 0.15) is 5.75 Å². The minimum atomic E-state index is -1.36. The van der Waals surface area contributed by atoms with E-state index in [0.29, 0.717) is 49.1 Å². The molecule has 5 rings (SSSR count). The van der Waals surface area contributed by atoms with Gasteiger partial charge in [0.05, 0.1) is 30.5 Å². The van der Waals surface area contributed by atoms with Crippen LogP contribution >= 0.6 is 11.6 Å². The summed E-state index contributed by atoms with van der Waals surface area (Å²) in [6, 6.07) is 19.7. The van der Waals surface area contributed by atoms with E-state index < -0.39 is 5.79 Å². The molecule has 0 atom stereocenters. The van der Waals surface area contributed by atoms with Gasteiger partial charge in [0.15, 0.2) is 0 Å². The molecule has 1 amide bonds. The second-order valence-corrected chi connectivity index (χ2v) is 7.88. The number of hydrogen-bond donors (Lipinski definition) is 0. The third-order valence-corrected chi connectivity index (χ3v) is 5.86. The third-order valence-electron chi connectivity index (χ3n) is 5.55. The van der Waals surface area contributed by atoms with Crippen molar-refractivity contribution in [1.29, 1.82) is 0 Å². The number of para-hydroxylation sites is 1. The van der Waals surface area contributed by atoms with Gasteiger partial charge in [0, 0.05) is 12.1 Å². The van der Waals surface area contributed by atoms with Crippen LogP contribution in [0.4, 0.5) is 5.69 Å². The van der Waals surface area contributed by atoms with Crippen LogP contribution < -0.4 is 9.64 Å². The first-order valence-corrected chi connectivity index (χ1v) is 10.6. The Hall–Kier alpha value is -2.60. The third kappa shape index (κ3) is 3.23. The molecule has 1 spiro atoms. The smallest absolute Gasteiger partial charge is 0.292 e. The summed E-state index contributed by atoms with van der Waals surface area (Å²) in [6.45, 7) is 1.92. The second kappa shape index (κ2) is 7.91. The summed E-state index contributed by atoms with van der Waals surface area (Å²) in [5.41, 5.74) is 1.37. The van der Waals surface area contributed by atoms with Crippen LogP contribution in [0.5, 0.6) is 5.75 Å². The first kappa shape index (κ1) is 19.4. The quantitative estimate of drug-likeness (QED) is 0.548. The van der Waals surface area contributed by atoms with E-state index in [4.69, 9.17) is 25.8 Å². The van der Waals surface area contributed by atoms with Gasteiger partial charge in [-0.05, 0) is 41.8 Å². The standard InChI is InChI=1S/C24H22ClNO4/c25-21-9-3-8-20-22(21)26(23(27)24(20)29-14-5-15-30-24)12-4-13-28-19-11-10-17-6-1-2-7-18(17)16-19/h1-3,6-11,16H,4-5,12-15H2. The summed E-state index contributed by atoms with van der Waals surface area (Å²) in [7, 11) is 0. The molecule has 0 bridgehead atoms. The molecule has 1 fully saturated rings. The van der Waals surface area contributed by atoms with Crippen molar-refractivity contribution in [1.82, 2.24) is 0 Å². The zero-order valence-corrected chi connectivity index (χ0v) is 17.2. The molecule has 2 aliphatic rings. The van der Waals surface area contributed by atoms with Crippen molar-refractivity contribution in [3.8, 4) is 5.75 Å². The Morgan fingerprint density at radius 1 is 1.00 bits per heavy atom. The second-order valence-electron chi connectivity index (χ2n) is 7.47. The van der Waals surface area contributed by atoms with Crippen LogP contribution in [0.15, 0.2) is 60.7 Å². The van der Waals surface area contributed by atoms with Gasteiger partial charge in [-0.25, -0.2) is 0 Å². The number of anilines is 1. The molecule has 0 aliphatic carbocycles. The molecule has 154 valence electrons. The number of carbonyl (C=O) groups excluding carboxylic acids is 1. The van der Waals surface area contributed by atoms with Crippen molar-refractivity contribution in [3.05, 3.63) is 71.2 Å². The first-order chi connectivity index (χ1) is 14.7. The lowest BCUT2D eigenvalue weighted by Crippen LogP contribution is -2.47. The van der Waals surface area contributed by atoms with E-state index in [2.05, 4.69) is 12.1 Å². The van der Waals surface area contributed by atoms with Crippen molar-refractivity contribution >= 4 is 34.0 Å². The van der Waals surface area contributed by atoms with Crippen LogP contribution in [0, 0.1) is 0 Å². The fraction of sp³-hybridized carbons (Fsp3) is 0.292. The summed E-state index contributed by atoms with van der Waals surface area (Å²) < 4.78 is 17.7. The van der Waals surface area contributed by atoms with Gasteiger partial charge < -0.3 is 19.1 Å². The van der Waals surface area contributed by atoms with E-state index in [1.165, 1.54) is 5.39 Å². The van der Waals surface area contributed by atoms with Gasteiger partial charge in [-0.15, -0.1) is 0 Å². The van der Waals surface area contributed by atoms with E-state index in [1.54, 1.807) is 11.0 Å². The molecule has 0 N–H and O–H groups in total. The Kier molecular flexibility index (Phi) is 5.11. The van der Waals surface area contributed by atoms with Gasteiger partial charge in [-0.1, -0.05) is 54.1 Å². The predicted molar refractivity (Wildman–Crippen MR) is 116 cm³/mol. The maximum Gasteiger partial charge on any atom is 0.292 e. The van der Waals surface area contributed by atoms with Crippen LogP contribution in [-0.2, 0) is 20.1 Å². The van der Waals surface area contributed by atoms with Crippen LogP contribution in [0.3, 0.4) is 0 Å². The summed E-state index contributed by atoms with van der Waals surface area (Å²) >= 11 is 6.46. The normalized spacial score (nSPS) is 17.5. The summed E-state index contributed by atoms with van der Waals surface area (Å²) in [5, 5.41) is 2.83. The monoisotopic (exact) mass is 423 g/mol. The molecule has 2 aliphatic heterocycles. The number of ether oxygens (including phenoxy) is 3. The fourth-order valence-electron chi connectivity index (χ4n) is 4.14. The minimum Gasteiger partial charge on any atom is -0.494 e. The lowest BCUT2D eigenvalue weighted by Gasteiger charge is -2.32. The van der Waals surface area contributed by atoms with Crippen molar-refractivity contribution in [3.63, 3.8) is 0 Å². The van der Waals surface area contributed by atoms with Crippen molar-refractivity contribution in [2.24, 2.45) is 0 Å². The van der Waals surface area contributed by atoms with E-state index in [1.807, 2.05) is 42.5 Å². The lowest BCUT2D eigenvalue weighted by molar-refractivity contribution is -0.256. The molecule has 0 saturated carbocycles. The molecule has 3 aromatic carbocycles. The average molecular weight is 424 g/mol. The van der Waals surface area contributed by atoms with E-state index in [0.717, 1.165) is 17.6 Å². The SMILES string of the molecule is O=C1N(CCCOc2ccc3ccccc3c2)c2c(Cl)cccc2C12OCCCO2. The summed E-state index contributed by atoms with van der Waals surface area (Å²) in [4.78, 5) is 15.0. The van der Waals surface area contributed by atoms with E-state index >= 15 is 0 Å². The molecular weight excluding hydrogens is 402 g/mol. The fourth-order valence-corrected chi connectivity index (χ4v) is 4.42. The molecule has 3 aromatic rings. The highest BCUT2D eigenvalue weighted by Crippen LogP contribution is 2.48. The maximum atomic E-state index is 13.3. The van der Waals surface area contributed by atoms with Crippen LogP contribution in [0.2, 0.25) is 5.02 Å². The van der Waals surface area contributed by atoms with Gasteiger partial charge in [-0.3, -0.25) is 4.79 Å². The van der Waals surface area contributed by atoms with Crippen LogP contribution in [0.25, 0.3) is 10.8 Å². The average Bonchev–Trinajstić information content (AvgIpc) is 3.01. The molecule has 0 aromatic heterocycles. The number of amides is 1. The van der Waals surface area contributed by atoms with E-state index in [9.17, 15) is 4.79 Å². The molecule has 30 heavy (non-hydrogen) atoms. The molecule has 0 radical (unpaired) electrons. The number of benzene rings is 3. The van der Waals surface area contributed by atoms with E-state index in [-0.39, 0.29) is 5.91 Å². The van der Waals surface area contributed by atoms with Crippen LogP contribution in [-0.4, -0.2) is 32.3 Å². The van der Waals surface area contributed by atoms with Crippen molar-refractivity contribution in [2.45, 2.75) is 18.6 Å². The first-order valence-electron chi connectivity index (χ1n) is 10.2. The molecule has 2 heterocycles. The Labute approximate surface area is 180 Å². The van der Waals surface area contributed by atoms with Gasteiger partial charge in [0.2, 0.25) is 0 Å². The maximum absolute atomic E-state index is 13.3. The summed E-state index contributed by atoms with van der Waals surface area (Å²) in [5.74, 6) is -0.760. The number of hydrogen-bond acceptors (Lipinski definition) is 4.